The van der Waals surface area contributed by atoms with Gasteiger partial charge in [-0.15, -0.1) is 0 Å². The molecule has 15 heteroatoms. The number of alkyl halides is 6. The molecule has 0 radical (unpaired) electrons. The second-order valence-electron chi connectivity index (χ2n) is 7.88. The summed E-state index contributed by atoms with van der Waals surface area (Å²) in [5.74, 6) is -0.343. The van der Waals surface area contributed by atoms with Gasteiger partial charge in [0.15, 0.2) is 24.0 Å². The van der Waals surface area contributed by atoms with Gasteiger partial charge in [-0.2, -0.15) is 26.3 Å². The first-order chi connectivity index (χ1) is 16.8. The Morgan fingerprint density at radius 3 is 2.08 bits per heavy atom. The van der Waals surface area contributed by atoms with E-state index in [0.29, 0.717) is 16.7 Å². The third-order valence-corrected chi connectivity index (χ3v) is 7.45. The smallest absolute Gasteiger partial charge is 0.316 e. The first-order valence-electron chi connectivity index (χ1n) is 10.4. The van der Waals surface area contributed by atoms with Gasteiger partial charge in [-0.3, -0.25) is 18.9 Å². The molecule has 2 aromatic rings. The van der Waals surface area contributed by atoms with Gasteiger partial charge in [0, 0.05) is 29.8 Å². The molecular weight excluding hydrogens is 535 g/mol. The lowest BCUT2D eigenvalue weighted by Gasteiger charge is -2.42. The molecule has 0 aromatic heterocycles. The van der Waals surface area contributed by atoms with Crippen molar-refractivity contribution in [1.82, 2.24) is 14.9 Å². The van der Waals surface area contributed by atoms with Crippen LogP contribution in [0.5, 0.6) is 0 Å². The largest absolute Gasteiger partial charge is 0.435 e. The Bertz CT molecular complexity index is 1190. The number of hydrogen-bond acceptors (Lipinski definition) is 5. The van der Waals surface area contributed by atoms with Crippen LogP contribution in [0.3, 0.4) is 0 Å². The van der Waals surface area contributed by atoms with Crippen LogP contribution < -0.4 is 5.09 Å². The molecule has 4 rings (SSSR count). The third kappa shape index (κ3) is 4.95. The number of carbonyl (C=O) groups excluding carboxylic acids is 1. The number of benzene rings is 2. The minimum Gasteiger partial charge on any atom is -0.316 e. The van der Waals surface area contributed by atoms with Crippen molar-refractivity contribution in [2.45, 2.75) is 18.0 Å². The quantitative estimate of drug-likeness (QED) is 0.313. The monoisotopic (exact) mass is 553 g/mol. The highest BCUT2D eigenvalue weighted by atomic mass is 32.1. The molecule has 0 saturated carbocycles. The maximum Gasteiger partial charge on any atom is 0.435 e. The summed E-state index contributed by atoms with van der Waals surface area (Å²) in [7, 11) is -5.25. The predicted molar refractivity (Wildman–Crippen MR) is 119 cm³/mol. The molecule has 2 heterocycles. The van der Waals surface area contributed by atoms with E-state index in [-0.39, 0.29) is 19.0 Å². The summed E-state index contributed by atoms with van der Waals surface area (Å²) in [6.07, 6.45) is -10.0. The van der Waals surface area contributed by atoms with Crippen molar-refractivity contribution in [3.8, 4) is 0 Å². The molecule has 1 amide bonds. The number of fused-ring (bicyclic) bond motifs is 3. The van der Waals surface area contributed by atoms with Gasteiger partial charge in [0.2, 0.25) is 0 Å². The van der Waals surface area contributed by atoms with Crippen LogP contribution in [0.1, 0.15) is 21.5 Å². The van der Waals surface area contributed by atoms with E-state index in [9.17, 15) is 35.7 Å². The van der Waals surface area contributed by atoms with Gasteiger partial charge in [0.05, 0.1) is 0 Å². The van der Waals surface area contributed by atoms with Gasteiger partial charge in [-0.25, -0.2) is 4.57 Å². The minimum atomic E-state index is -5.25. The average Bonchev–Trinajstić information content (AvgIpc) is 3.32. The summed E-state index contributed by atoms with van der Waals surface area (Å²) in [5, 5.41) is 1.45. The van der Waals surface area contributed by atoms with Crippen molar-refractivity contribution < 1.29 is 44.7 Å². The molecule has 7 nitrogen and oxygen atoms in total. The first kappa shape index (κ1) is 26.4. The lowest BCUT2D eigenvalue weighted by molar-refractivity contribution is -0.165. The highest BCUT2D eigenvalue weighted by Crippen LogP contribution is 2.52. The molecule has 2 aliphatic heterocycles. The van der Waals surface area contributed by atoms with E-state index < -0.39 is 44.1 Å². The van der Waals surface area contributed by atoms with Crippen LogP contribution in [-0.2, 0) is 19.3 Å². The fourth-order valence-corrected chi connectivity index (χ4v) is 6.06. The molecule has 0 spiro atoms. The summed E-state index contributed by atoms with van der Waals surface area (Å²) in [5.41, 5.74) is -0.00580. The molecule has 1 saturated heterocycles. The standard InChI is InChI=1S/C21H18F6N3O4PS/c22-19(23,24)12-33-35(32,34-13-20(25,26)27)28-18(36)30-11-10-29-17(31)15-8-4-5-9-16(15)21(29,30)14-6-2-1-3-7-14/h1-9H,10-13H2,(H,28,32,36)/t21-/m1/s1. The first-order valence-corrected chi connectivity index (χ1v) is 12.3. The number of nitrogens with zero attached hydrogens (tertiary/aromatic N) is 2. The van der Waals surface area contributed by atoms with Gasteiger partial charge in [0.1, 0.15) is 0 Å². The number of halogens is 6. The Hall–Kier alpha value is -2.67. The van der Waals surface area contributed by atoms with Gasteiger partial charge >= 0.3 is 20.1 Å². The number of rotatable bonds is 6. The summed E-state index contributed by atoms with van der Waals surface area (Å²) in [6.45, 7) is -4.15. The Labute approximate surface area is 206 Å². The molecule has 1 N–H and O–H groups in total. The van der Waals surface area contributed by atoms with Crippen LogP contribution in [0.2, 0.25) is 0 Å². The van der Waals surface area contributed by atoms with Gasteiger partial charge in [-0.05, 0) is 18.3 Å². The van der Waals surface area contributed by atoms with Crippen LogP contribution in [0.15, 0.2) is 54.6 Å². The van der Waals surface area contributed by atoms with E-state index in [2.05, 4.69) is 9.05 Å². The van der Waals surface area contributed by atoms with Crippen molar-refractivity contribution in [3.05, 3.63) is 71.3 Å². The average molecular weight is 553 g/mol. The molecule has 2 aliphatic rings. The fourth-order valence-electron chi connectivity index (χ4n) is 4.31. The highest BCUT2D eigenvalue weighted by molar-refractivity contribution is 7.81. The molecule has 194 valence electrons. The summed E-state index contributed by atoms with van der Waals surface area (Å²) in [6, 6.07) is 15.1. The number of thiocarbonyl (C=S) groups is 1. The fraction of sp³-hybridized carbons (Fsp3) is 0.333. The molecular formula is C21H18F6N3O4PS. The van der Waals surface area contributed by atoms with Crippen molar-refractivity contribution in [2.24, 2.45) is 0 Å². The Kier molecular flexibility index (Phi) is 6.84. The van der Waals surface area contributed by atoms with Crippen molar-refractivity contribution in [1.29, 1.82) is 0 Å². The van der Waals surface area contributed by atoms with Crippen molar-refractivity contribution >= 4 is 31.0 Å². The number of nitrogens with one attached hydrogen (secondary N) is 1. The SMILES string of the molecule is O=C1c2ccccc2[C@]2(c3ccccc3)N1CCN2C(=S)NP(=O)(OCC(F)(F)F)OCC(F)(F)F. The minimum absolute atomic E-state index is 0.0271. The normalized spacial score (nSPS) is 19.9. The van der Waals surface area contributed by atoms with Crippen molar-refractivity contribution in [2.75, 3.05) is 26.3 Å². The number of hydrogen-bond donors (Lipinski definition) is 1. The molecule has 1 atom stereocenters. The van der Waals surface area contributed by atoms with E-state index in [1.165, 1.54) is 9.80 Å². The molecule has 36 heavy (non-hydrogen) atoms. The van der Waals surface area contributed by atoms with E-state index in [0.717, 1.165) is 0 Å². The summed E-state index contributed by atoms with van der Waals surface area (Å²) in [4.78, 5) is 16.1. The lowest BCUT2D eigenvalue weighted by Crippen LogP contribution is -2.54. The van der Waals surface area contributed by atoms with E-state index in [1.54, 1.807) is 54.6 Å². The molecule has 0 aliphatic carbocycles. The third-order valence-electron chi connectivity index (χ3n) is 5.56. The predicted octanol–water partition coefficient (Wildman–Crippen LogP) is 4.80. The van der Waals surface area contributed by atoms with Gasteiger partial charge in [-0.1, -0.05) is 48.5 Å². The van der Waals surface area contributed by atoms with E-state index >= 15 is 0 Å². The Balaban J connectivity index is 1.73. The summed E-state index contributed by atoms with van der Waals surface area (Å²) >= 11 is 5.32. The zero-order valence-corrected chi connectivity index (χ0v) is 19.9. The Morgan fingerprint density at radius 1 is 0.944 bits per heavy atom. The number of carbonyl (C=O) groups is 1. The zero-order chi connectivity index (χ0) is 26.4. The molecule has 0 bridgehead atoms. The van der Waals surface area contributed by atoms with Crippen LogP contribution in [0.25, 0.3) is 0 Å². The molecule has 2 aromatic carbocycles. The van der Waals surface area contributed by atoms with Crippen LogP contribution in [-0.4, -0.2) is 59.5 Å². The number of amides is 1. The maximum absolute atomic E-state index is 13.2. The maximum atomic E-state index is 13.2. The van der Waals surface area contributed by atoms with E-state index in [4.69, 9.17) is 12.2 Å². The van der Waals surface area contributed by atoms with Gasteiger partial charge < -0.3 is 9.80 Å². The van der Waals surface area contributed by atoms with Crippen LogP contribution in [0.4, 0.5) is 26.3 Å². The second kappa shape index (κ2) is 9.33. The Morgan fingerprint density at radius 2 is 1.50 bits per heavy atom. The van der Waals surface area contributed by atoms with Gasteiger partial charge in [0.25, 0.3) is 5.91 Å². The highest BCUT2D eigenvalue weighted by Gasteiger charge is 2.59. The topological polar surface area (TPSA) is 71.1 Å². The second-order valence-corrected chi connectivity index (χ2v) is 10.0. The van der Waals surface area contributed by atoms with Crippen LogP contribution in [0, 0.1) is 0 Å². The molecule has 0 unspecified atom stereocenters. The van der Waals surface area contributed by atoms with Crippen molar-refractivity contribution in [3.63, 3.8) is 0 Å². The molecule has 1 fully saturated rings. The van der Waals surface area contributed by atoms with Crippen LogP contribution >= 0.6 is 20.0 Å². The van der Waals surface area contributed by atoms with E-state index in [1.807, 2.05) is 5.09 Å². The summed E-state index contributed by atoms with van der Waals surface area (Å²) < 4.78 is 97.9. The zero-order valence-electron chi connectivity index (χ0n) is 18.2. The lowest BCUT2D eigenvalue weighted by atomic mass is 9.90.